The molecule has 0 unspecified atom stereocenters. The summed E-state index contributed by atoms with van der Waals surface area (Å²) in [5, 5.41) is 8.38. The van der Waals surface area contributed by atoms with E-state index in [0.717, 1.165) is 61.9 Å². The van der Waals surface area contributed by atoms with Crippen molar-refractivity contribution in [3.8, 4) is 0 Å². The Morgan fingerprint density at radius 2 is 2.04 bits per heavy atom. The van der Waals surface area contributed by atoms with Gasteiger partial charge in [0, 0.05) is 50.1 Å². The summed E-state index contributed by atoms with van der Waals surface area (Å²) >= 11 is 0. The van der Waals surface area contributed by atoms with E-state index in [9.17, 15) is 0 Å². The van der Waals surface area contributed by atoms with E-state index in [1.165, 1.54) is 12.8 Å². The number of rotatable bonds is 5. The van der Waals surface area contributed by atoms with Gasteiger partial charge in [0.1, 0.15) is 5.82 Å². The zero-order chi connectivity index (χ0) is 18.1. The highest BCUT2D eigenvalue weighted by Crippen LogP contribution is 2.23. The molecule has 0 spiro atoms. The minimum atomic E-state index is 0.406. The number of nitrogens with one attached hydrogen (secondary N) is 1. The zero-order valence-electron chi connectivity index (χ0n) is 16.2. The summed E-state index contributed by atoms with van der Waals surface area (Å²) in [5.41, 5.74) is 3.07. The molecule has 6 nitrogen and oxygen atoms in total. The Hall–Kier alpha value is -1.66. The number of likely N-dealkylation sites (tertiary alicyclic amines) is 1. The maximum atomic E-state index is 5.79. The number of piperidine rings is 1. The van der Waals surface area contributed by atoms with Gasteiger partial charge in [-0.15, -0.1) is 0 Å². The molecule has 2 saturated heterocycles. The Morgan fingerprint density at radius 3 is 2.73 bits per heavy atom. The second-order valence-corrected chi connectivity index (χ2v) is 8.13. The molecule has 0 radical (unpaired) electrons. The van der Waals surface area contributed by atoms with E-state index in [2.05, 4.69) is 41.3 Å². The van der Waals surface area contributed by atoms with Gasteiger partial charge in [0.05, 0.1) is 11.8 Å². The lowest BCUT2D eigenvalue weighted by Gasteiger charge is -2.34. The number of nitrogens with zero attached hydrogens (tertiary/aromatic N) is 4. The topological polar surface area (TPSA) is 54.7 Å². The Morgan fingerprint density at radius 1 is 1.23 bits per heavy atom. The summed E-state index contributed by atoms with van der Waals surface area (Å²) in [4.78, 5) is 7.32. The highest BCUT2D eigenvalue weighted by Gasteiger charge is 2.24. The molecule has 2 aromatic rings. The van der Waals surface area contributed by atoms with Gasteiger partial charge in [-0.1, -0.05) is 13.8 Å². The van der Waals surface area contributed by atoms with E-state index < -0.39 is 0 Å². The maximum Gasteiger partial charge on any atom is 0.157 e. The van der Waals surface area contributed by atoms with Gasteiger partial charge in [-0.25, -0.2) is 4.98 Å². The molecule has 1 atom stereocenters. The van der Waals surface area contributed by atoms with Crippen LogP contribution in [0.3, 0.4) is 0 Å². The van der Waals surface area contributed by atoms with Gasteiger partial charge in [0.25, 0.3) is 0 Å². The van der Waals surface area contributed by atoms with Crippen molar-refractivity contribution in [2.45, 2.75) is 64.5 Å². The molecule has 2 aliphatic heterocycles. The number of aryl methyl sites for hydroxylation is 1. The monoisotopic (exact) mass is 357 g/mol. The van der Waals surface area contributed by atoms with Crippen LogP contribution in [-0.4, -0.2) is 57.9 Å². The Balaban J connectivity index is 1.42. The normalized spacial score (nSPS) is 22.5. The third-order valence-corrected chi connectivity index (χ3v) is 5.59. The smallest absolute Gasteiger partial charge is 0.157 e. The average Bonchev–Trinajstić information content (AvgIpc) is 3.25. The lowest BCUT2D eigenvalue weighted by atomic mass is 10.0. The van der Waals surface area contributed by atoms with Crippen molar-refractivity contribution in [3.63, 3.8) is 0 Å². The first kappa shape index (κ1) is 17.7. The molecule has 1 N–H and O–H groups in total. The van der Waals surface area contributed by atoms with Crippen LogP contribution >= 0.6 is 0 Å². The van der Waals surface area contributed by atoms with Crippen LogP contribution in [0.15, 0.2) is 12.1 Å². The first-order chi connectivity index (χ1) is 12.6. The minimum Gasteiger partial charge on any atom is -0.377 e. The van der Waals surface area contributed by atoms with E-state index in [1.807, 2.05) is 11.4 Å². The third-order valence-electron chi connectivity index (χ3n) is 5.59. The van der Waals surface area contributed by atoms with Gasteiger partial charge < -0.3 is 15.0 Å². The van der Waals surface area contributed by atoms with Gasteiger partial charge in [0.15, 0.2) is 5.65 Å². The predicted octanol–water partition coefficient (Wildman–Crippen LogP) is 3.22. The molecule has 2 fully saturated rings. The quantitative estimate of drug-likeness (QED) is 0.890. The molecule has 4 rings (SSSR count). The molecule has 142 valence electrons. The molecule has 2 aromatic heterocycles. The fourth-order valence-corrected chi connectivity index (χ4v) is 4.05. The number of aromatic nitrogens is 3. The van der Waals surface area contributed by atoms with Gasteiger partial charge in [-0.05, 0) is 38.5 Å². The van der Waals surface area contributed by atoms with Crippen LogP contribution in [0.1, 0.15) is 56.8 Å². The second kappa shape index (κ2) is 7.53. The van der Waals surface area contributed by atoms with E-state index >= 15 is 0 Å². The fourth-order valence-electron chi connectivity index (χ4n) is 4.05. The predicted molar refractivity (Wildman–Crippen MR) is 104 cm³/mol. The largest absolute Gasteiger partial charge is 0.377 e. The fraction of sp³-hybridized carbons (Fsp3) is 0.700. The second-order valence-electron chi connectivity index (χ2n) is 8.13. The molecule has 6 heteroatoms. The average molecular weight is 358 g/mol. The number of hydrogen-bond donors (Lipinski definition) is 1. The van der Waals surface area contributed by atoms with Gasteiger partial charge in [-0.2, -0.15) is 9.61 Å². The van der Waals surface area contributed by atoms with E-state index in [1.54, 1.807) is 0 Å². The molecule has 0 saturated carbocycles. The van der Waals surface area contributed by atoms with E-state index in [0.29, 0.717) is 18.1 Å². The number of ether oxygens (including phenoxy) is 1. The first-order valence-corrected chi connectivity index (χ1v) is 10.1. The van der Waals surface area contributed by atoms with Gasteiger partial charge >= 0.3 is 0 Å². The van der Waals surface area contributed by atoms with Crippen molar-refractivity contribution in [2.24, 2.45) is 0 Å². The maximum absolute atomic E-state index is 5.79. The highest BCUT2D eigenvalue weighted by atomic mass is 16.5. The number of anilines is 1. The summed E-state index contributed by atoms with van der Waals surface area (Å²) in [6.07, 6.45) is 5.23. The first-order valence-electron chi connectivity index (χ1n) is 10.1. The van der Waals surface area contributed by atoms with Crippen LogP contribution in [0.2, 0.25) is 0 Å². The molecule has 0 bridgehead atoms. The summed E-state index contributed by atoms with van der Waals surface area (Å²) in [6, 6.07) is 4.72. The SMILES string of the molecule is Cc1cc2nc(C(C)C)cc(NC3CCN(C[C@H]4CCCO4)CC3)n2n1. The Bertz CT molecular complexity index is 742. The lowest BCUT2D eigenvalue weighted by molar-refractivity contribution is 0.0654. The zero-order valence-corrected chi connectivity index (χ0v) is 16.2. The summed E-state index contributed by atoms with van der Waals surface area (Å²) < 4.78 is 7.75. The van der Waals surface area contributed by atoms with Gasteiger partial charge in [0.2, 0.25) is 0 Å². The highest BCUT2D eigenvalue weighted by molar-refractivity contribution is 5.51. The van der Waals surface area contributed by atoms with Crippen molar-refractivity contribution in [3.05, 3.63) is 23.5 Å². The standard InChI is InChI=1S/C20H31N5O/c1-14(2)18-12-20(25-19(22-18)11-15(3)23-25)21-16-6-8-24(9-7-16)13-17-5-4-10-26-17/h11-12,14,16-17,21H,4-10,13H2,1-3H3/t17-/m1/s1. The summed E-state index contributed by atoms with van der Waals surface area (Å²) in [7, 11) is 0. The van der Waals surface area contributed by atoms with Crippen molar-refractivity contribution >= 4 is 11.5 Å². The minimum absolute atomic E-state index is 0.406. The number of fused-ring (bicyclic) bond motifs is 1. The van der Waals surface area contributed by atoms with Crippen LogP contribution < -0.4 is 5.32 Å². The molecule has 0 amide bonds. The van der Waals surface area contributed by atoms with Crippen molar-refractivity contribution in [2.75, 3.05) is 31.6 Å². The molecular formula is C20H31N5O. The van der Waals surface area contributed by atoms with E-state index in [4.69, 9.17) is 9.72 Å². The Kier molecular flexibility index (Phi) is 5.14. The van der Waals surface area contributed by atoms with E-state index in [-0.39, 0.29) is 0 Å². The van der Waals surface area contributed by atoms with Crippen molar-refractivity contribution < 1.29 is 4.74 Å². The summed E-state index contributed by atoms with van der Waals surface area (Å²) in [6.45, 7) is 10.7. The molecule has 0 aliphatic carbocycles. The molecule has 26 heavy (non-hydrogen) atoms. The van der Waals surface area contributed by atoms with Gasteiger partial charge in [-0.3, -0.25) is 0 Å². The van der Waals surface area contributed by atoms with Crippen LogP contribution in [0.5, 0.6) is 0 Å². The third kappa shape index (κ3) is 3.86. The van der Waals surface area contributed by atoms with Crippen LogP contribution in [0, 0.1) is 6.92 Å². The lowest BCUT2D eigenvalue weighted by Crippen LogP contribution is -2.42. The number of hydrogen-bond acceptors (Lipinski definition) is 5. The van der Waals surface area contributed by atoms with Crippen LogP contribution in [0.4, 0.5) is 5.82 Å². The van der Waals surface area contributed by atoms with Crippen LogP contribution in [-0.2, 0) is 4.74 Å². The van der Waals surface area contributed by atoms with Crippen molar-refractivity contribution in [1.29, 1.82) is 0 Å². The van der Waals surface area contributed by atoms with Crippen molar-refractivity contribution in [1.82, 2.24) is 19.5 Å². The molecule has 0 aromatic carbocycles. The van der Waals surface area contributed by atoms with Crippen LogP contribution in [0.25, 0.3) is 5.65 Å². The molecule has 2 aliphatic rings. The molecule has 4 heterocycles. The summed E-state index contributed by atoms with van der Waals surface area (Å²) in [5.74, 6) is 1.48. The molecular weight excluding hydrogens is 326 g/mol. The Labute approximate surface area is 155 Å².